The van der Waals surface area contributed by atoms with Gasteiger partial charge in [-0.2, -0.15) is 0 Å². The van der Waals surface area contributed by atoms with Crippen molar-refractivity contribution < 1.29 is 9.53 Å². The highest BCUT2D eigenvalue weighted by Crippen LogP contribution is 2.19. The normalized spacial score (nSPS) is 19.5. The van der Waals surface area contributed by atoms with Crippen LogP contribution in [0.5, 0.6) is 5.75 Å². The third kappa shape index (κ3) is 5.35. The monoisotopic (exact) mass is 360 g/mol. The van der Waals surface area contributed by atoms with Crippen molar-refractivity contribution in [3.05, 3.63) is 29.8 Å². The van der Waals surface area contributed by atoms with E-state index in [9.17, 15) is 4.79 Å². The van der Waals surface area contributed by atoms with Gasteiger partial charge in [0.1, 0.15) is 11.9 Å². The molecule has 0 aromatic heterocycles. The van der Waals surface area contributed by atoms with Gasteiger partial charge in [-0.1, -0.05) is 17.7 Å². The smallest absolute Gasteiger partial charge is 0.317 e. The number of ether oxygens (including phenoxy) is 1. The van der Waals surface area contributed by atoms with Crippen molar-refractivity contribution >= 4 is 6.03 Å². The third-order valence-electron chi connectivity index (χ3n) is 5.24. The van der Waals surface area contributed by atoms with Crippen LogP contribution in [0.25, 0.3) is 0 Å². The number of nitrogens with one attached hydrogen (secondary N) is 1. The molecule has 3 rings (SSSR count). The zero-order valence-corrected chi connectivity index (χ0v) is 16.3. The van der Waals surface area contributed by atoms with Gasteiger partial charge in [0.05, 0.1) is 13.1 Å². The Balaban J connectivity index is 1.32. The fourth-order valence-electron chi connectivity index (χ4n) is 3.40. The largest absolute Gasteiger partial charge is 0.487 e. The summed E-state index contributed by atoms with van der Waals surface area (Å²) in [5.41, 5.74) is 1.22. The average molecular weight is 361 g/mol. The van der Waals surface area contributed by atoms with Gasteiger partial charge in [0, 0.05) is 32.2 Å². The molecule has 0 atom stereocenters. The molecule has 2 heterocycles. The molecule has 0 radical (unpaired) electrons. The molecule has 2 aliphatic heterocycles. The molecule has 1 aromatic rings. The molecule has 2 fully saturated rings. The lowest BCUT2D eigenvalue weighted by Gasteiger charge is -2.40. The number of piperidine rings is 1. The molecule has 6 nitrogen and oxygen atoms in total. The van der Waals surface area contributed by atoms with E-state index in [1.807, 2.05) is 29.2 Å². The Kier molecular flexibility index (Phi) is 6.38. The van der Waals surface area contributed by atoms with Crippen molar-refractivity contribution in [1.29, 1.82) is 0 Å². The van der Waals surface area contributed by atoms with Gasteiger partial charge in [-0.25, -0.2) is 4.79 Å². The lowest BCUT2D eigenvalue weighted by Crippen LogP contribution is -2.60. The van der Waals surface area contributed by atoms with Gasteiger partial charge in [0.2, 0.25) is 0 Å². The van der Waals surface area contributed by atoms with E-state index in [1.165, 1.54) is 5.56 Å². The topological polar surface area (TPSA) is 48.1 Å². The minimum absolute atomic E-state index is 0.0560. The first kappa shape index (κ1) is 19.0. The van der Waals surface area contributed by atoms with Crippen LogP contribution in [0.2, 0.25) is 0 Å². The van der Waals surface area contributed by atoms with Gasteiger partial charge in [-0.15, -0.1) is 0 Å². The predicted octanol–water partition coefficient (Wildman–Crippen LogP) is 1.79. The van der Waals surface area contributed by atoms with E-state index in [0.717, 1.165) is 44.8 Å². The van der Waals surface area contributed by atoms with E-state index in [2.05, 4.69) is 36.1 Å². The number of urea groups is 1. The standard InChI is InChI=1S/C20H32N4O2/c1-16-4-6-18(7-5-16)26-19-14-24(15-19)20(25)21-17-8-10-23(11-9-17)13-12-22(2)3/h4-7,17,19H,8-15H2,1-3H3,(H,21,25). The molecule has 0 spiro atoms. The van der Waals surface area contributed by atoms with Crippen LogP contribution < -0.4 is 10.1 Å². The van der Waals surface area contributed by atoms with E-state index in [1.54, 1.807) is 0 Å². The third-order valence-corrected chi connectivity index (χ3v) is 5.24. The Morgan fingerprint density at radius 1 is 1.19 bits per heavy atom. The summed E-state index contributed by atoms with van der Waals surface area (Å²) in [5, 5.41) is 3.19. The summed E-state index contributed by atoms with van der Waals surface area (Å²) < 4.78 is 5.90. The lowest BCUT2D eigenvalue weighted by molar-refractivity contribution is 0.0423. The van der Waals surface area contributed by atoms with E-state index in [0.29, 0.717) is 19.1 Å². The van der Waals surface area contributed by atoms with E-state index in [-0.39, 0.29) is 12.1 Å². The number of nitrogens with zero attached hydrogens (tertiary/aromatic N) is 3. The summed E-state index contributed by atoms with van der Waals surface area (Å²) in [6.07, 6.45) is 2.18. The Morgan fingerprint density at radius 3 is 2.46 bits per heavy atom. The van der Waals surface area contributed by atoms with Crippen LogP contribution >= 0.6 is 0 Å². The predicted molar refractivity (Wildman–Crippen MR) is 104 cm³/mol. The molecule has 6 heteroatoms. The van der Waals surface area contributed by atoms with Gasteiger partial charge in [-0.05, 0) is 46.0 Å². The Labute approximate surface area is 157 Å². The fourth-order valence-corrected chi connectivity index (χ4v) is 3.40. The number of likely N-dealkylation sites (tertiary alicyclic amines) is 2. The Hall–Kier alpha value is -1.79. The Morgan fingerprint density at radius 2 is 1.85 bits per heavy atom. The molecule has 0 unspecified atom stereocenters. The second-order valence-corrected chi connectivity index (χ2v) is 7.83. The zero-order chi connectivity index (χ0) is 18.5. The van der Waals surface area contributed by atoms with Crippen LogP contribution in [0.15, 0.2) is 24.3 Å². The average Bonchev–Trinajstić information content (AvgIpc) is 2.58. The quantitative estimate of drug-likeness (QED) is 0.840. The number of amides is 2. The van der Waals surface area contributed by atoms with Crippen LogP contribution in [0.1, 0.15) is 18.4 Å². The first-order chi connectivity index (χ1) is 12.5. The molecule has 26 heavy (non-hydrogen) atoms. The van der Waals surface area contributed by atoms with Crippen molar-refractivity contribution in [2.45, 2.75) is 31.9 Å². The van der Waals surface area contributed by atoms with Gasteiger partial charge in [0.15, 0.2) is 0 Å². The molecule has 1 N–H and O–H groups in total. The molecule has 1 aromatic carbocycles. The van der Waals surface area contributed by atoms with Crippen LogP contribution in [0.3, 0.4) is 0 Å². The molecular formula is C20H32N4O2. The maximum absolute atomic E-state index is 12.4. The molecule has 0 aliphatic carbocycles. The number of likely N-dealkylation sites (N-methyl/N-ethyl adjacent to an activating group) is 1. The van der Waals surface area contributed by atoms with Crippen molar-refractivity contribution in [1.82, 2.24) is 20.0 Å². The maximum Gasteiger partial charge on any atom is 0.317 e. The lowest BCUT2D eigenvalue weighted by atomic mass is 10.0. The minimum atomic E-state index is 0.0560. The van der Waals surface area contributed by atoms with Gasteiger partial charge in [-0.3, -0.25) is 0 Å². The van der Waals surface area contributed by atoms with Gasteiger partial charge >= 0.3 is 6.03 Å². The molecule has 2 amide bonds. The van der Waals surface area contributed by atoms with E-state index < -0.39 is 0 Å². The number of hydrogen-bond acceptors (Lipinski definition) is 4. The number of benzene rings is 1. The minimum Gasteiger partial charge on any atom is -0.487 e. The number of hydrogen-bond donors (Lipinski definition) is 1. The summed E-state index contributed by atoms with van der Waals surface area (Å²) in [6, 6.07) is 8.42. The molecular weight excluding hydrogens is 328 g/mol. The molecule has 2 aliphatic rings. The second kappa shape index (κ2) is 8.73. The van der Waals surface area contributed by atoms with Crippen molar-refractivity contribution in [2.24, 2.45) is 0 Å². The fraction of sp³-hybridized carbons (Fsp3) is 0.650. The summed E-state index contributed by atoms with van der Waals surface area (Å²) in [4.78, 5) is 18.9. The summed E-state index contributed by atoms with van der Waals surface area (Å²) in [5.74, 6) is 0.880. The van der Waals surface area contributed by atoms with Crippen LogP contribution in [-0.2, 0) is 0 Å². The highest BCUT2D eigenvalue weighted by molar-refractivity contribution is 5.75. The zero-order valence-electron chi connectivity index (χ0n) is 16.3. The first-order valence-corrected chi connectivity index (χ1v) is 9.65. The maximum atomic E-state index is 12.4. The highest BCUT2D eigenvalue weighted by atomic mass is 16.5. The van der Waals surface area contributed by atoms with E-state index >= 15 is 0 Å². The van der Waals surface area contributed by atoms with Crippen LogP contribution in [0, 0.1) is 6.92 Å². The van der Waals surface area contributed by atoms with Crippen LogP contribution in [-0.4, -0.2) is 86.2 Å². The van der Waals surface area contributed by atoms with E-state index in [4.69, 9.17) is 4.74 Å². The second-order valence-electron chi connectivity index (χ2n) is 7.83. The van der Waals surface area contributed by atoms with Gasteiger partial charge < -0.3 is 24.8 Å². The Bertz CT molecular complexity index is 576. The molecule has 0 saturated carbocycles. The van der Waals surface area contributed by atoms with Gasteiger partial charge in [0.25, 0.3) is 0 Å². The highest BCUT2D eigenvalue weighted by Gasteiger charge is 2.33. The number of rotatable bonds is 6. The summed E-state index contributed by atoms with van der Waals surface area (Å²) in [7, 11) is 4.21. The number of carbonyl (C=O) groups is 1. The molecule has 144 valence electrons. The number of aryl methyl sites for hydroxylation is 1. The summed E-state index contributed by atoms with van der Waals surface area (Å²) >= 11 is 0. The van der Waals surface area contributed by atoms with Crippen molar-refractivity contribution in [3.63, 3.8) is 0 Å². The first-order valence-electron chi connectivity index (χ1n) is 9.65. The van der Waals surface area contributed by atoms with Crippen molar-refractivity contribution in [2.75, 3.05) is 53.4 Å². The molecule has 0 bridgehead atoms. The van der Waals surface area contributed by atoms with Crippen LogP contribution in [0.4, 0.5) is 4.79 Å². The SMILES string of the molecule is Cc1ccc(OC2CN(C(=O)NC3CCN(CCN(C)C)CC3)C2)cc1. The number of carbonyl (C=O) groups excluding carboxylic acids is 1. The van der Waals surface area contributed by atoms with Crippen molar-refractivity contribution in [3.8, 4) is 5.75 Å². The molecule has 2 saturated heterocycles. The summed E-state index contributed by atoms with van der Waals surface area (Å²) in [6.45, 7) is 7.73.